The number of thiophene rings is 1. The summed E-state index contributed by atoms with van der Waals surface area (Å²) in [5.74, 6) is -4.02. The van der Waals surface area contributed by atoms with Gasteiger partial charge in [0.1, 0.15) is 30.6 Å². The quantitative estimate of drug-likeness (QED) is 0.497. The molecule has 1 fully saturated rings. The number of hydrogen-bond donors (Lipinski definition) is 3. The van der Waals surface area contributed by atoms with Gasteiger partial charge in [0.25, 0.3) is 0 Å². The Morgan fingerprint density at radius 2 is 1.82 bits per heavy atom. The van der Waals surface area contributed by atoms with E-state index < -0.39 is 36.3 Å². The molecule has 1 saturated heterocycles. The van der Waals surface area contributed by atoms with Crippen molar-refractivity contribution in [1.29, 1.82) is 0 Å². The molecule has 3 rings (SSSR count). The van der Waals surface area contributed by atoms with Crippen molar-refractivity contribution in [2.24, 2.45) is 0 Å². The number of carboxylic acid groups (broad SMARTS) is 2. The fourth-order valence-electron chi connectivity index (χ4n) is 2.82. The number of nitrogens with zero attached hydrogens (tertiary/aromatic N) is 1. The molecule has 3 N–H and O–H groups in total. The summed E-state index contributed by atoms with van der Waals surface area (Å²) in [5.41, 5.74) is -0.287. The van der Waals surface area contributed by atoms with Gasteiger partial charge >= 0.3 is 18.0 Å². The van der Waals surface area contributed by atoms with Gasteiger partial charge in [0.05, 0.1) is 5.56 Å². The lowest BCUT2D eigenvalue weighted by atomic mass is 10.2. The van der Waals surface area contributed by atoms with Crippen LogP contribution in [0, 0.1) is 11.6 Å². The van der Waals surface area contributed by atoms with E-state index in [2.05, 4.69) is 5.32 Å². The third kappa shape index (κ3) is 8.79. The minimum Gasteiger partial charge on any atom is -0.488 e. The summed E-state index contributed by atoms with van der Waals surface area (Å²) >= 11 is 1.50. The highest BCUT2D eigenvalue weighted by atomic mass is 32.1. The van der Waals surface area contributed by atoms with Crippen molar-refractivity contribution in [2.45, 2.75) is 26.2 Å². The molecule has 1 amide bonds. The van der Waals surface area contributed by atoms with Gasteiger partial charge in [0, 0.05) is 54.8 Å². The second-order valence-corrected chi connectivity index (χ2v) is 8.08. The lowest BCUT2D eigenvalue weighted by molar-refractivity contribution is -0.134. The molecule has 184 valence electrons. The van der Waals surface area contributed by atoms with E-state index in [9.17, 15) is 23.2 Å². The Morgan fingerprint density at radius 3 is 2.35 bits per heavy atom. The molecule has 1 atom stereocenters. The Balaban J connectivity index is 0.000000440. The zero-order valence-electron chi connectivity index (χ0n) is 18.2. The van der Waals surface area contributed by atoms with Crippen molar-refractivity contribution >= 4 is 29.4 Å². The van der Waals surface area contributed by atoms with Gasteiger partial charge in [0.15, 0.2) is 0 Å². The first kappa shape index (κ1) is 26.7. The molecule has 1 aliphatic rings. The van der Waals surface area contributed by atoms with Crippen LogP contribution in [0.4, 0.5) is 13.6 Å². The van der Waals surface area contributed by atoms with E-state index in [0.717, 1.165) is 17.0 Å². The van der Waals surface area contributed by atoms with Gasteiger partial charge in [-0.25, -0.2) is 23.2 Å². The third-order valence-corrected chi connectivity index (χ3v) is 5.37. The summed E-state index contributed by atoms with van der Waals surface area (Å²) in [4.78, 5) is 33.7. The molecule has 1 aromatic carbocycles. The van der Waals surface area contributed by atoms with Crippen LogP contribution in [-0.2, 0) is 27.5 Å². The average Bonchev–Trinajstić information content (AvgIpc) is 3.30. The number of nitrogens with one attached hydrogen (secondary N) is 1. The lowest BCUT2D eigenvalue weighted by Crippen LogP contribution is -2.52. The van der Waals surface area contributed by atoms with E-state index in [1.54, 1.807) is 4.90 Å². The molecule has 1 aliphatic heterocycles. The summed E-state index contributed by atoms with van der Waals surface area (Å²) < 4.78 is 38.9. The van der Waals surface area contributed by atoms with E-state index in [1.165, 1.54) is 11.3 Å². The third-order valence-electron chi connectivity index (χ3n) is 4.52. The molecule has 2 heterocycles. The number of halogens is 2. The van der Waals surface area contributed by atoms with Gasteiger partial charge in [-0.1, -0.05) is 6.07 Å². The van der Waals surface area contributed by atoms with Gasteiger partial charge in [-0.15, -0.1) is 11.3 Å². The van der Waals surface area contributed by atoms with Crippen molar-refractivity contribution in [2.75, 3.05) is 19.6 Å². The normalized spacial score (nSPS) is 15.4. The van der Waals surface area contributed by atoms with Gasteiger partial charge in [-0.2, -0.15) is 0 Å². The van der Waals surface area contributed by atoms with Crippen LogP contribution < -0.4 is 10.1 Å². The predicted molar refractivity (Wildman–Crippen MR) is 119 cm³/mol. The van der Waals surface area contributed by atoms with E-state index in [0.29, 0.717) is 31.8 Å². The van der Waals surface area contributed by atoms with Crippen LogP contribution in [0.1, 0.15) is 17.4 Å². The molecular weight excluding hydrogens is 474 g/mol. The molecule has 0 radical (unpaired) electrons. The monoisotopic (exact) mass is 498 g/mol. The van der Waals surface area contributed by atoms with Gasteiger partial charge < -0.3 is 29.9 Å². The number of rotatable bonds is 7. The number of carbonyl (C=O) groups is 3. The second-order valence-electron chi connectivity index (χ2n) is 7.04. The fourth-order valence-corrected chi connectivity index (χ4v) is 3.44. The van der Waals surface area contributed by atoms with Crippen LogP contribution in [0.15, 0.2) is 41.8 Å². The highest BCUT2D eigenvalue weighted by Crippen LogP contribution is 2.23. The Bertz CT molecular complexity index is 976. The van der Waals surface area contributed by atoms with Crippen LogP contribution >= 0.6 is 11.3 Å². The minimum atomic E-state index is -1.26. The van der Waals surface area contributed by atoms with E-state index >= 15 is 0 Å². The molecule has 9 nitrogen and oxygen atoms in total. The molecule has 0 saturated carbocycles. The number of carbonyl (C=O) groups excluding carboxylic acids is 1. The summed E-state index contributed by atoms with van der Waals surface area (Å²) in [6, 6.07) is 5.93. The first-order valence-electron chi connectivity index (χ1n) is 10.1. The highest BCUT2D eigenvalue weighted by Gasteiger charge is 2.25. The fraction of sp³-hybridized carbons (Fsp3) is 0.318. The van der Waals surface area contributed by atoms with Crippen molar-refractivity contribution in [3.05, 3.63) is 63.9 Å². The Kier molecular flexibility index (Phi) is 10.4. The smallest absolute Gasteiger partial charge is 0.410 e. The lowest BCUT2D eigenvalue weighted by Gasteiger charge is -2.33. The predicted octanol–water partition coefficient (Wildman–Crippen LogP) is 3.25. The number of ether oxygens (including phenoxy) is 2. The summed E-state index contributed by atoms with van der Waals surface area (Å²) in [6.45, 7) is 3.49. The molecule has 12 heteroatoms. The SMILES string of the molecule is C[C@@H]1CNCCN1C(=O)OCc1c(F)cc(OCc2cccs2)cc1F.O=C(O)/C=C/C(=O)O. The molecule has 2 aromatic rings. The van der Waals surface area contributed by atoms with Gasteiger partial charge in [-0.05, 0) is 18.4 Å². The number of carboxylic acids is 2. The molecule has 0 aliphatic carbocycles. The molecule has 34 heavy (non-hydrogen) atoms. The Labute approximate surface area is 198 Å². The van der Waals surface area contributed by atoms with Crippen LogP contribution in [0.2, 0.25) is 0 Å². The maximum absolute atomic E-state index is 14.2. The van der Waals surface area contributed by atoms with E-state index in [1.807, 2.05) is 24.4 Å². The maximum Gasteiger partial charge on any atom is 0.410 e. The maximum atomic E-state index is 14.2. The first-order valence-corrected chi connectivity index (χ1v) is 11.0. The number of hydrogen-bond acceptors (Lipinski definition) is 7. The molecule has 0 spiro atoms. The second kappa shape index (κ2) is 13.3. The minimum absolute atomic E-state index is 0.0287. The van der Waals surface area contributed by atoms with Crippen LogP contribution in [-0.4, -0.2) is 58.8 Å². The first-order chi connectivity index (χ1) is 16.2. The van der Waals surface area contributed by atoms with Gasteiger partial charge in [0.2, 0.25) is 0 Å². The summed E-state index contributed by atoms with van der Waals surface area (Å²) in [5, 5.41) is 20.7. The van der Waals surface area contributed by atoms with Crippen molar-refractivity contribution in [3.63, 3.8) is 0 Å². The van der Waals surface area contributed by atoms with Crippen molar-refractivity contribution < 1.29 is 42.9 Å². The largest absolute Gasteiger partial charge is 0.488 e. The summed E-state index contributed by atoms with van der Waals surface area (Å²) in [7, 11) is 0. The average molecular weight is 499 g/mol. The standard InChI is InChI=1S/C18H20F2N2O3S.C4H4O4/c1-12-9-21-4-5-22(12)18(23)25-11-15-16(19)7-13(8-17(15)20)24-10-14-3-2-6-26-14;5-3(6)1-2-4(7)8/h2-3,6-8,12,21H,4-5,9-11H2,1H3;1-2H,(H,5,6)(H,7,8)/b;2-1+/t12-;/m1./s1. The molecule has 0 bridgehead atoms. The summed E-state index contributed by atoms with van der Waals surface area (Å²) in [6.07, 6.45) is 0.542. The highest BCUT2D eigenvalue weighted by molar-refractivity contribution is 7.09. The number of piperazine rings is 1. The van der Waals surface area contributed by atoms with Crippen molar-refractivity contribution in [1.82, 2.24) is 10.2 Å². The van der Waals surface area contributed by atoms with Crippen LogP contribution in [0.3, 0.4) is 0 Å². The number of benzene rings is 1. The van der Waals surface area contributed by atoms with E-state index in [-0.39, 0.29) is 24.0 Å². The molecule has 1 aromatic heterocycles. The van der Waals surface area contributed by atoms with Crippen LogP contribution in [0.5, 0.6) is 5.75 Å². The van der Waals surface area contributed by atoms with Crippen LogP contribution in [0.25, 0.3) is 0 Å². The number of amides is 1. The molecule has 0 unspecified atom stereocenters. The van der Waals surface area contributed by atoms with Crippen molar-refractivity contribution in [3.8, 4) is 5.75 Å². The Morgan fingerprint density at radius 1 is 1.18 bits per heavy atom. The Hall–Kier alpha value is -3.51. The zero-order chi connectivity index (χ0) is 25.1. The van der Waals surface area contributed by atoms with Gasteiger partial charge in [-0.3, -0.25) is 0 Å². The molecular formula is C22H24F2N2O7S. The topological polar surface area (TPSA) is 125 Å². The van der Waals surface area contributed by atoms with E-state index in [4.69, 9.17) is 19.7 Å². The zero-order valence-corrected chi connectivity index (χ0v) is 19.0. The number of aliphatic carboxylic acids is 2.